The van der Waals surface area contributed by atoms with Crippen LogP contribution in [0.3, 0.4) is 0 Å². The van der Waals surface area contributed by atoms with Gasteiger partial charge in [0.1, 0.15) is 6.66 Å². The first kappa shape index (κ1) is 14.1. The maximum atomic E-state index is 8.67. The first-order valence-corrected chi connectivity index (χ1v) is 4.57. The Morgan fingerprint density at radius 3 is 2.36 bits per heavy atom. The van der Waals surface area contributed by atoms with Crippen molar-refractivity contribution < 1.29 is 50.0 Å². The van der Waals surface area contributed by atoms with Crippen LogP contribution in [-0.2, 0) is 9.26 Å². The van der Waals surface area contributed by atoms with Gasteiger partial charge in [0.2, 0.25) is 0 Å². The summed E-state index contributed by atoms with van der Waals surface area (Å²) < 4.78 is 8.66. The van der Waals surface area contributed by atoms with Crippen molar-refractivity contribution in [2.45, 2.75) is 13.2 Å². The van der Waals surface area contributed by atoms with Crippen molar-refractivity contribution in [3.63, 3.8) is 0 Å². The summed E-state index contributed by atoms with van der Waals surface area (Å²) in [5.41, 5.74) is 0. The number of nitriles is 1. The van der Waals surface area contributed by atoms with E-state index < -0.39 is 14.2 Å². The Bertz CT molecular complexity index is 147. The molecule has 7 heteroatoms. The van der Waals surface area contributed by atoms with Crippen LogP contribution in [0, 0.1) is 11.5 Å². The number of hydrogen-bond acceptors (Lipinski definition) is 5. The molecule has 0 aliphatic carbocycles. The van der Waals surface area contributed by atoms with E-state index in [1.54, 1.807) is 0 Å². The molecule has 0 aromatic carbocycles. The Labute approximate surface area is 89.3 Å². The van der Waals surface area contributed by atoms with E-state index in [-0.39, 0.29) is 31.0 Å². The van der Waals surface area contributed by atoms with Crippen molar-refractivity contribution in [3.05, 3.63) is 0 Å². The summed E-state index contributed by atoms with van der Waals surface area (Å²) in [4.78, 5) is 17.3. The second-order valence-corrected chi connectivity index (χ2v) is 3.60. The zero-order chi connectivity index (χ0) is 8.20. The van der Waals surface area contributed by atoms with Gasteiger partial charge in [-0.25, -0.2) is 0 Å². The van der Waals surface area contributed by atoms with Gasteiger partial charge in [-0.05, 0) is 0 Å². The Morgan fingerprint density at radius 1 is 1.64 bits per heavy atom. The standard InChI is InChI=1S/C4H9NO4P.Na.H/c1-4(8-3-5)9-10(2,6)7;;/h4,6-7H,1-2H3;;/q2*+1;-1. The van der Waals surface area contributed by atoms with Crippen molar-refractivity contribution in [2.24, 2.45) is 0 Å². The van der Waals surface area contributed by atoms with Crippen LogP contribution in [0.4, 0.5) is 0 Å². The van der Waals surface area contributed by atoms with Crippen LogP contribution in [0.5, 0.6) is 0 Å². The fourth-order valence-electron chi connectivity index (χ4n) is 0.377. The zero-order valence-corrected chi connectivity index (χ0v) is 9.58. The molecule has 11 heavy (non-hydrogen) atoms. The predicted octanol–water partition coefficient (Wildman–Crippen LogP) is -2.66. The van der Waals surface area contributed by atoms with E-state index in [0.717, 1.165) is 6.66 Å². The van der Waals surface area contributed by atoms with Crippen molar-refractivity contribution in [2.75, 3.05) is 6.66 Å². The molecule has 1 unspecified atom stereocenters. The van der Waals surface area contributed by atoms with Crippen molar-refractivity contribution in [1.29, 1.82) is 5.26 Å². The van der Waals surface area contributed by atoms with Crippen LogP contribution in [0.15, 0.2) is 0 Å². The van der Waals surface area contributed by atoms with E-state index in [0.29, 0.717) is 0 Å². The Hall–Kier alpha value is 0.600. The predicted molar refractivity (Wildman–Crippen MR) is 35.6 cm³/mol. The number of hydrogen-bond donors (Lipinski definition) is 2. The summed E-state index contributed by atoms with van der Waals surface area (Å²) >= 11 is 0. The molecule has 0 aliphatic rings. The quantitative estimate of drug-likeness (QED) is 0.220. The second kappa shape index (κ2) is 6.15. The van der Waals surface area contributed by atoms with Gasteiger partial charge in [-0.1, -0.05) is 0 Å². The number of rotatable bonds is 3. The van der Waals surface area contributed by atoms with Crippen molar-refractivity contribution in [3.8, 4) is 6.26 Å². The van der Waals surface area contributed by atoms with Gasteiger partial charge in [0.05, 0.1) is 0 Å². The minimum Gasteiger partial charge on any atom is -1.00 e. The summed E-state index contributed by atoms with van der Waals surface area (Å²) in [5, 5.41) is 7.93. The molecule has 0 amide bonds. The molecule has 0 rings (SSSR count). The van der Waals surface area contributed by atoms with Gasteiger partial charge in [-0.3, -0.25) is 0 Å². The van der Waals surface area contributed by atoms with Crippen molar-refractivity contribution >= 4 is 7.94 Å². The molecule has 5 nitrogen and oxygen atoms in total. The average molecular weight is 190 g/mol. The van der Waals surface area contributed by atoms with Gasteiger partial charge in [0.15, 0.2) is 0 Å². The van der Waals surface area contributed by atoms with Crippen LogP contribution in [0.1, 0.15) is 8.35 Å². The molecular weight excluding hydrogens is 180 g/mol. The van der Waals surface area contributed by atoms with E-state index in [1.807, 2.05) is 0 Å². The fourth-order valence-corrected chi connectivity index (χ4v) is 0.982. The molecule has 1 atom stereocenters. The molecule has 60 valence electrons. The third-order valence-corrected chi connectivity index (χ3v) is 1.26. The van der Waals surface area contributed by atoms with Crippen LogP contribution in [-0.4, -0.2) is 22.7 Å². The largest absolute Gasteiger partial charge is 1.00 e. The smallest absolute Gasteiger partial charge is 1.00 e. The maximum absolute atomic E-state index is 8.67. The molecule has 0 spiro atoms. The minimum absolute atomic E-state index is 0. The van der Waals surface area contributed by atoms with E-state index in [2.05, 4.69) is 9.26 Å². The van der Waals surface area contributed by atoms with Crippen molar-refractivity contribution in [1.82, 2.24) is 0 Å². The summed E-state index contributed by atoms with van der Waals surface area (Å²) in [6.45, 7) is 2.53. The Kier molecular flexibility index (Phi) is 7.91. The normalized spacial score (nSPS) is 12.6. The molecule has 2 N–H and O–H groups in total. The summed E-state index contributed by atoms with van der Waals surface area (Å²) in [5.74, 6) is 0. The van der Waals surface area contributed by atoms with Gasteiger partial charge >= 0.3 is 37.5 Å². The average Bonchev–Trinajstić information content (AvgIpc) is 1.59. The van der Waals surface area contributed by atoms with Crippen LogP contribution < -0.4 is 29.6 Å². The number of nitrogens with zero attached hydrogens (tertiary/aromatic N) is 1. The van der Waals surface area contributed by atoms with Crippen LogP contribution >= 0.6 is 7.94 Å². The van der Waals surface area contributed by atoms with E-state index in [1.165, 1.54) is 13.2 Å². The molecule has 0 aromatic heterocycles. The minimum atomic E-state index is -3.28. The topological polar surface area (TPSA) is 82.7 Å². The molecule has 0 saturated carbocycles. The van der Waals surface area contributed by atoms with E-state index in [9.17, 15) is 0 Å². The molecule has 0 bridgehead atoms. The Balaban J connectivity index is -0.000000405. The SMILES string of the molecule is CC(OC#N)O[P+](C)(O)O.[H-].[Na+]. The third-order valence-electron chi connectivity index (χ3n) is 0.567. The molecule has 0 saturated heterocycles. The monoisotopic (exact) mass is 190 g/mol. The van der Waals surface area contributed by atoms with Gasteiger partial charge < -0.3 is 6.16 Å². The van der Waals surface area contributed by atoms with Crippen LogP contribution in [0.2, 0.25) is 0 Å². The molecule has 0 radical (unpaired) electrons. The molecular formula is C4H10NNaO4P+. The molecule has 0 aromatic rings. The van der Waals surface area contributed by atoms with Gasteiger partial charge in [-0.2, -0.15) is 15.0 Å². The van der Waals surface area contributed by atoms with Gasteiger partial charge in [-0.15, -0.1) is 4.52 Å². The second-order valence-electron chi connectivity index (χ2n) is 1.72. The van der Waals surface area contributed by atoms with E-state index >= 15 is 0 Å². The summed E-state index contributed by atoms with van der Waals surface area (Å²) in [7, 11) is -3.28. The maximum Gasteiger partial charge on any atom is 1.00 e. The molecule has 0 fully saturated rings. The molecule has 0 aliphatic heterocycles. The van der Waals surface area contributed by atoms with Gasteiger partial charge in [0.25, 0.3) is 12.5 Å². The van der Waals surface area contributed by atoms with E-state index in [4.69, 9.17) is 15.0 Å². The summed E-state index contributed by atoms with van der Waals surface area (Å²) in [6.07, 6.45) is 0.456. The van der Waals surface area contributed by atoms with Gasteiger partial charge in [0, 0.05) is 6.92 Å². The number of ether oxygens (including phenoxy) is 1. The van der Waals surface area contributed by atoms with Crippen LogP contribution in [0.25, 0.3) is 0 Å². The zero-order valence-electron chi connectivity index (χ0n) is 7.68. The fraction of sp³-hybridized carbons (Fsp3) is 0.750. The third kappa shape index (κ3) is 10.6. The molecule has 0 heterocycles. The first-order valence-electron chi connectivity index (χ1n) is 2.51. The Morgan fingerprint density at radius 2 is 2.09 bits per heavy atom. The summed E-state index contributed by atoms with van der Waals surface area (Å²) in [6, 6.07) is 0. The first-order chi connectivity index (χ1) is 4.45.